The number of hydrogen-bond acceptors (Lipinski definition) is 6. The maximum atomic E-state index is 5.91. The zero-order valence-electron chi connectivity index (χ0n) is 31.0. The van der Waals surface area contributed by atoms with Crippen LogP contribution < -0.4 is 9.80 Å². The zero-order chi connectivity index (χ0) is 34.9. The first-order valence-electron chi connectivity index (χ1n) is 20.1. The molecule has 7 aliphatic rings. The van der Waals surface area contributed by atoms with Crippen LogP contribution in [0, 0.1) is 37.5 Å². The van der Waals surface area contributed by atoms with Gasteiger partial charge in [-0.25, -0.2) is 0 Å². The summed E-state index contributed by atoms with van der Waals surface area (Å²) < 4.78 is 11.7. The van der Waals surface area contributed by atoms with E-state index in [9.17, 15) is 0 Å². The van der Waals surface area contributed by atoms with Gasteiger partial charge in [0.15, 0.2) is 9.79 Å². The first kappa shape index (κ1) is 32.0. The Morgan fingerprint density at radius 2 is 1.10 bits per heavy atom. The molecule has 5 fully saturated rings. The lowest BCUT2D eigenvalue weighted by molar-refractivity contribution is -0.0588. The third-order valence-electron chi connectivity index (χ3n) is 14.8. The zero-order valence-corrected chi connectivity index (χ0v) is 32.6. The smallest absolute Gasteiger partial charge is 0.188 e. The summed E-state index contributed by atoms with van der Waals surface area (Å²) >= 11 is 3.87. The van der Waals surface area contributed by atoms with Gasteiger partial charge in [-0.15, -0.1) is 22.7 Å². The van der Waals surface area contributed by atoms with Gasteiger partial charge < -0.3 is 18.6 Å². The lowest BCUT2D eigenvalue weighted by atomic mass is 9.48. The standard InChI is InChI=1S/C25H27NOS.C21H23NOS/c1-14-5-3-4-6-21(14)26-15(2)22-20-7-8-27-24(20)28-23(22)25(26)18-10-16-9-17(12-18)13-19(25)11-16;1-14-8-4-5-9-17(14)22-15(2)18-16-10-13-23-20(16)24-19(18)21(22)11-6-3-7-12-21/h3-8,15-19H,9-13H2,1-2H3;4-5,8-10,13,15H,3,6-7,11-12H2,1-2H3. The lowest BCUT2D eigenvalue weighted by Gasteiger charge is -2.63. The molecule has 2 atom stereocenters. The minimum absolute atomic E-state index is 0.172. The van der Waals surface area contributed by atoms with Crippen LogP contribution in [0.15, 0.2) is 82.0 Å². The number of thiophene rings is 2. The van der Waals surface area contributed by atoms with Crippen LogP contribution in [0.2, 0.25) is 0 Å². The minimum atomic E-state index is 0.172. The van der Waals surface area contributed by atoms with Crippen molar-refractivity contribution < 1.29 is 8.83 Å². The summed E-state index contributed by atoms with van der Waals surface area (Å²) in [6, 6.07) is 23.2. The van der Waals surface area contributed by atoms with Crippen LogP contribution in [-0.2, 0) is 11.1 Å². The van der Waals surface area contributed by atoms with E-state index in [4.69, 9.17) is 8.83 Å². The van der Waals surface area contributed by atoms with Crippen molar-refractivity contribution in [3.63, 3.8) is 0 Å². The van der Waals surface area contributed by atoms with E-state index in [1.54, 1.807) is 15.3 Å². The number of fused-ring (bicyclic) bond motifs is 7. The molecular formula is C46H50N2O2S2. The van der Waals surface area contributed by atoms with E-state index in [2.05, 4.69) is 98.2 Å². The average Bonchev–Trinajstić information content (AvgIpc) is 3.97. The Labute approximate surface area is 315 Å². The summed E-state index contributed by atoms with van der Waals surface area (Å²) in [6.07, 6.45) is 17.5. The van der Waals surface area contributed by atoms with E-state index >= 15 is 0 Å². The van der Waals surface area contributed by atoms with Gasteiger partial charge in [0.1, 0.15) is 0 Å². The van der Waals surface area contributed by atoms with E-state index in [1.165, 1.54) is 103 Å². The Bertz CT molecular complexity index is 2290. The number of benzene rings is 2. The summed E-state index contributed by atoms with van der Waals surface area (Å²) in [5, 5.41) is 2.71. The van der Waals surface area contributed by atoms with Crippen LogP contribution in [0.4, 0.5) is 11.4 Å². The molecule has 52 heavy (non-hydrogen) atoms. The monoisotopic (exact) mass is 726 g/mol. The number of hydrogen-bond donors (Lipinski definition) is 0. The van der Waals surface area contributed by atoms with Gasteiger partial charge in [-0.2, -0.15) is 0 Å². The van der Waals surface area contributed by atoms with Crippen LogP contribution in [-0.4, -0.2) is 0 Å². The van der Waals surface area contributed by atoms with E-state index in [0.717, 1.165) is 33.5 Å². The lowest BCUT2D eigenvalue weighted by Crippen LogP contribution is -2.62. The molecule has 5 aliphatic carbocycles. The number of para-hydroxylation sites is 2. The fraction of sp³-hybridized carbons (Fsp3) is 0.478. The van der Waals surface area contributed by atoms with Crippen LogP contribution in [0.5, 0.6) is 0 Å². The number of furan rings is 2. The van der Waals surface area contributed by atoms with Gasteiger partial charge in [0, 0.05) is 43.0 Å². The Kier molecular flexibility index (Phi) is 7.08. The second-order valence-electron chi connectivity index (χ2n) is 17.3. The van der Waals surface area contributed by atoms with Crippen LogP contribution in [0.1, 0.15) is 122 Å². The highest BCUT2D eigenvalue weighted by Crippen LogP contribution is 2.71. The fourth-order valence-corrected chi connectivity index (χ4v) is 16.1. The van der Waals surface area contributed by atoms with Crippen molar-refractivity contribution in [1.82, 2.24) is 0 Å². The predicted molar refractivity (Wildman–Crippen MR) is 216 cm³/mol. The van der Waals surface area contributed by atoms with Gasteiger partial charge in [0.05, 0.1) is 35.7 Å². The fourth-order valence-electron chi connectivity index (χ4n) is 13.1. The van der Waals surface area contributed by atoms with Gasteiger partial charge >= 0.3 is 0 Å². The SMILES string of the molecule is Cc1ccccc1N1C(C)c2c(sc3occc23)C12C1CC3CC(C1)CC2C3.Cc1ccccc1N1C(C)c2c(sc3occc23)C12CCCCC2. The molecule has 2 aromatic carbocycles. The van der Waals surface area contributed by atoms with Crippen molar-refractivity contribution in [2.75, 3.05) is 9.80 Å². The van der Waals surface area contributed by atoms with Gasteiger partial charge in [-0.05, 0) is 132 Å². The molecule has 0 radical (unpaired) electrons. The number of nitrogens with zero attached hydrogens (tertiary/aromatic N) is 2. The summed E-state index contributed by atoms with van der Waals surface area (Å²) in [7, 11) is 0. The first-order chi connectivity index (χ1) is 25.4. The quantitative estimate of drug-likeness (QED) is 0.178. The third-order valence-corrected chi connectivity index (χ3v) is 17.3. The molecule has 0 saturated heterocycles. The molecule has 268 valence electrons. The van der Waals surface area contributed by atoms with E-state index in [1.807, 2.05) is 35.2 Å². The molecule has 2 unspecified atom stereocenters. The molecule has 4 aromatic heterocycles. The Morgan fingerprint density at radius 1 is 0.596 bits per heavy atom. The summed E-state index contributed by atoms with van der Waals surface area (Å²) in [6.45, 7) is 9.38. The van der Waals surface area contributed by atoms with Gasteiger partial charge in [-0.3, -0.25) is 0 Å². The molecule has 4 bridgehead atoms. The molecule has 6 heterocycles. The van der Waals surface area contributed by atoms with Gasteiger partial charge in [0.2, 0.25) is 0 Å². The van der Waals surface area contributed by atoms with E-state index < -0.39 is 0 Å². The van der Waals surface area contributed by atoms with Crippen molar-refractivity contribution in [2.24, 2.45) is 23.7 Å². The molecule has 6 heteroatoms. The topological polar surface area (TPSA) is 32.8 Å². The molecule has 5 saturated carbocycles. The van der Waals surface area contributed by atoms with Crippen molar-refractivity contribution in [1.29, 1.82) is 0 Å². The Hall–Kier alpha value is -3.48. The third kappa shape index (κ3) is 4.14. The van der Waals surface area contributed by atoms with Crippen LogP contribution >= 0.6 is 22.7 Å². The summed E-state index contributed by atoms with van der Waals surface area (Å²) in [5.74, 6) is 3.56. The summed E-state index contributed by atoms with van der Waals surface area (Å²) in [4.78, 5) is 11.1. The van der Waals surface area contributed by atoms with Crippen molar-refractivity contribution in [3.05, 3.63) is 105 Å². The molecule has 2 spiro atoms. The van der Waals surface area contributed by atoms with Crippen molar-refractivity contribution in [2.45, 2.75) is 115 Å². The molecule has 4 nitrogen and oxygen atoms in total. The highest BCUT2D eigenvalue weighted by atomic mass is 32.1. The van der Waals surface area contributed by atoms with E-state index in [-0.39, 0.29) is 11.1 Å². The number of anilines is 2. The predicted octanol–water partition coefficient (Wildman–Crippen LogP) is 13.6. The molecule has 0 amide bonds. The first-order valence-corrected chi connectivity index (χ1v) is 21.7. The van der Waals surface area contributed by atoms with E-state index in [0.29, 0.717) is 12.1 Å². The maximum absolute atomic E-state index is 5.91. The second kappa shape index (κ2) is 11.5. The van der Waals surface area contributed by atoms with Crippen molar-refractivity contribution in [3.8, 4) is 0 Å². The number of rotatable bonds is 2. The van der Waals surface area contributed by atoms with Crippen LogP contribution in [0.3, 0.4) is 0 Å². The Balaban J connectivity index is 0.000000125. The Morgan fingerprint density at radius 3 is 1.67 bits per heavy atom. The normalized spacial score (nSPS) is 30.8. The maximum Gasteiger partial charge on any atom is 0.188 e. The average molecular weight is 727 g/mol. The highest BCUT2D eigenvalue weighted by Gasteiger charge is 2.66. The minimum Gasteiger partial charge on any atom is -0.454 e. The highest BCUT2D eigenvalue weighted by molar-refractivity contribution is 7.19. The molecule has 2 aliphatic heterocycles. The summed E-state index contributed by atoms with van der Waals surface area (Å²) in [5.41, 5.74) is 9.13. The molecular weight excluding hydrogens is 677 g/mol. The molecule has 13 rings (SSSR count). The van der Waals surface area contributed by atoms with Gasteiger partial charge in [-0.1, -0.05) is 55.7 Å². The second-order valence-corrected chi connectivity index (χ2v) is 19.3. The van der Waals surface area contributed by atoms with Crippen molar-refractivity contribution >= 4 is 54.6 Å². The van der Waals surface area contributed by atoms with Gasteiger partial charge in [0.25, 0.3) is 0 Å². The molecule has 0 N–H and O–H groups in total. The number of aryl methyl sites for hydroxylation is 2. The molecule has 6 aromatic rings. The largest absolute Gasteiger partial charge is 0.454 e. The van der Waals surface area contributed by atoms with Crippen LogP contribution in [0.25, 0.3) is 20.6 Å².